The Morgan fingerprint density at radius 2 is 1.90 bits per heavy atom. The van der Waals surface area contributed by atoms with Crippen molar-refractivity contribution in [2.24, 2.45) is 0 Å². The van der Waals surface area contributed by atoms with Crippen LogP contribution >= 0.6 is 23.2 Å². The van der Waals surface area contributed by atoms with Crippen LogP contribution in [0.3, 0.4) is 0 Å². The molecule has 3 nitrogen and oxygen atoms in total. The zero-order valence-electron chi connectivity index (χ0n) is 10.8. The highest BCUT2D eigenvalue weighted by Gasteiger charge is 2.17. The quantitative estimate of drug-likeness (QED) is 0.825. The molecule has 0 aliphatic carbocycles. The molecule has 1 aliphatic heterocycles. The van der Waals surface area contributed by atoms with Crippen LogP contribution in [0.1, 0.15) is 11.1 Å². The molecule has 1 atom stereocenters. The maximum absolute atomic E-state index is 9.55. The van der Waals surface area contributed by atoms with E-state index in [9.17, 15) is 10.4 Å². The molecule has 1 unspecified atom stereocenters. The SMILES string of the molecule is N#Cc1cc(Cl)ccc1-c1ccc2c(c1Cl)C=CC(O)N2. The molecule has 5 heteroatoms. The summed E-state index contributed by atoms with van der Waals surface area (Å²) in [4.78, 5) is 0. The van der Waals surface area contributed by atoms with Crippen LogP contribution in [0.4, 0.5) is 5.69 Å². The smallest absolute Gasteiger partial charge is 0.144 e. The fourth-order valence-corrected chi connectivity index (χ4v) is 2.83. The van der Waals surface area contributed by atoms with E-state index in [0.717, 1.165) is 22.4 Å². The van der Waals surface area contributed by atoms with Gasteiger partial charge in [0.1, 0.15) is 6.23 Å². The summed E-state index contributed by atoms with van der Waals surface area (Å²) in [6, 6.07) is 10.9. The van der Waals surface area contributed by atoms with Crippen LogP contribution in [-0.2, 0) is 0 Å². The zero-order valence-corrected chi connectivity index (χ0v) is 12.3. The average molecular weight is 317 g/mol. The van der Waals surface area contributed by atoms with Gasteiger partial charge in [-0.1, -0.05) is 41.4 Å². The molecule has 1 heterocycles. The van der Waals surface area contributed by atoms with Crippen molar-refractivity contribution in [2.75, 3.05) is 5.32 Å². The summed E-state index contributed by atoms with van der Waals surface area (Å²) in [5, 5.41) is 22.8. The molecule has 0 saturated heterocycles. The molecule has 2 aromatic carbocycles. The largest absolute Gasteiger partial charge is 0.370 e. The van der Waals surface area contributed by atoms with Crippen molar-refractivity contribution in [2.45, 2.75) is 6.23 Å². The van der Waals surface area contributed by atoms with Gasteiger partial charge in [-0.2, -0.15) is 5.26 Å². The molecule has 0 radical (unpaired) electrons. The number of nitriles is 1. The Hall–Kier alpha value is -1.99. The minimum absolute atomic E-state index is 0.470. The van der Waals surface area contributed by atoms with E-state index < -0.39 is 6.23 Å². The van der Waals surface area contributed by atoms with Crippen LogP contribution in [-0.4, -0.2) is 11.3 Å². The number of nitrogens with zero attached hydrogens (tertiary/aromatic N) is 1. The second-order valence-electron chi connectivity index (χ2n) is 4.64. The highest BCUT2D eigenvalue weighted by Crippen LogP contribution is 2.39. The Morgan fingerprint density at radius 1 is 1.14 bits per heavy atom. The molecule has 0 bridgehead atoms. The molecule has 0 saturated carbocycles. The average Bonchev–Trinajstić information content (AvgIpc) is 2.48. The third-order valence-electron chi connectivity index (χ3n) is 3.32. The summed E-state index contributed by atoms with van der Waals surface area (Å²) < 4.78 is 0. The predicted octanol–water partition coefficient (Wildman–Crippen LogP) is 4.29. The van der Waals surface area contributed by atoms with Crippen molar-refractivity contribution in [3.05, 3.63) is 57.6 Å². The van der Waals surface area contributed by atoms with Crippen molar-refractivity contribution in [1.82, 2.24) is 0 Å². The lowest BCUT2D eigenvalue weighted by Gasteiger charge is -2.20. The van der Waals surface area contributed by atoms with E-state index in [2.05, 4.69) is 11.4 Å². The summed E-state index contributed by atoms with van der Waals surface area (Å²) in [5.41, 5.74) is 3.50. The number of hydrogen-bond donors (Lipinski definition) is 2. The first-order valence-electron chi connectivity index (χ1n) is 6.25. The Morgan fingerprint density at radius 3 is 2.67 bits per heavy atom. The summed E-state index contributed by atoms with van der Waals surface area (Å²) in [6.45, 7) is 0. The van der Waals surface area contributed by atoms with E-state index in [1.807, 2.05) is 12.1 Å². The standard InChI is InChI=1S/C16H10Cl2N2O/c17-10-1-2-11(9(7-10)8-19)12-3-5-14-13(16(12)18)4-6-15(21)20-14/h1-7,15,20-21H. The van der Waals surface area contributed by atoms with Gasteiger partial charge in [-0.25, -0.2) is 0 Å². The first-order chi connectivity index (χ1) is 10.1. The molecular formula is C16H10Cl2N2O. The maximum atomic E-state index is 9.55. The van der Waals surface area contributed by atoms with Gasteiger partial charge < -0.3 is 10.4 Å². The summed E-state index contributed by atoms with van der Waals surface area (Å²) in [6.07, 6.45) is 2.67. The molecular weight excluding hydrogens is 307 g/mol. The Bertz CT molecular complexity index is 794. The second kappa shape index (κ2) is 5.42. The summed E-state index contributed by atoms with van der Waals surface area (Å²) in [5.74, 6) is 0. The van der Waals surface area contributed by atoms with Gasteiger partial charge in [0.2, 0.25) is 0 Å². The van der Waals surface area contributed by atoms with Gasteiger partial charge in [0.05, 0.1) is 16.7 Å². The van der Waals surface area contributed by atoms with E-state index in [0.29, 0.717) is 15.6 Å². The van der Waals surface area contributed by atoms with Gasteiger partial charge in [0, 0.05) is 27.4 Å². The number of halogens is 2. The number of nitrogens with one attached hydrogen (secondary N) is 1. The lowest BCUT2D eigenvalue weighted by atomic mass is 9.96. The highest BCUT2D eigenvalue weighted by molar-refractivity contribution is 6.35. The van der Waals surface area contributed by atoms with Crippen LogP contribution in [0.5, 0.6) is 0 Å². The van der Waals surface area contributed by atoms with Gasteiger partial charge in [-0.3, -0.25) is 0 Å². The number of anilines is 1. The summed E-state index contributed by atoms with van der Waals surface area (Å²) >= 11 is 12.4. The molecule has 0 spiro atoms. The van der Waals surface area contributed by atoms with Crippen molar-refractivity contribution < 1.29 is 5.11 Å². The number of rotatable bonds is 1. The van der Waals surface area contributed by atoms with Crippen LogP contribution in [0.25, 0.3) is 17.2 Å². The normalized spacial score (nSPS) is 16.0. The highest BCUT2D eigenvalue weighted by atomic mass is 35.5. The predicted molar refractivity (Wildman–Crippen MR) is 85.3 cm³/mol. The first kappa shape index (κ1) is 14.0. The van der Waals surface area contributed by atoms with E-state index in [-0.39, 0.29) is 0 Å². The molecule has 21 heavy (non-hydrogen) atoms. The molecule has 2 N–H and O–H groups in total. The molecule has 1 aliphatic rings. The van der Waals surface area contributed by atoms with Crippen LogP contribution in [0.2, 0.25) is 10.0 Å². The minimum Gasteiger partial charge on any atom is -0.370 e. The summed E-state index contributed by atoms with van der Waals surface area (Å²) in [7, 11) is 0. The van der Waals surface area contributed by atoms with Crippen molar-refractivity contribution in [3.63, 3.8) is 0 Å². The van der Waals surface area contributed by atoms with Gasteiger partial charge in [-0.15, -0.1) is 0 Å². The molecule has 2 aromatic rings. The third-order valence-corrected chi connectivity index (χ3v) is 3.96. The molecule has 3 rings (SSSR count). The molecule has 0 aromatic heterocycles. The van der Waals surface area contributed by atoms with Crippen LogP contribution < -0.4 is 5.32 Å². The third kappa shape index (κ3) is 2.50. The van der Waals surface area contributed by atoms with Gasteiger partial charge in [0.25, 0.3) is 0 Å². The van der Waals surface area contributed by atoms with Crippen molar-refractivity contribution >= 4 is 35.0 Å². The fraction of sp³-hybridized carbons (Fsp3) is 0.0625. The van der Waals surface area contributed by atoms with E-state index in [4.69, 9.17) is 23.2 Å². The van der Waals surface area contributed by atoms with Crippen molar-refractivity contribution in [1.29, 1.82) is 5.26 Å². The monoisotopic (exact) mass is 316 g/mol. The van der Waals surface area contributed by atoms with Crippen LogP contribution in [0, 0.1) is 11.3 Å². The molecule has 104 valence electrons. The first-order valence-corrected chi connectivity index (χ1v) is 7.01. The number of aliphatic hydroxyl groups is 1. The Kier molecular flexibility index (Phi) is 3.60. The topological polar surface area (TPSA) is 56.0 Å². The zero-order chi connectivity index (χ0) is 15.0. The van der Waals surface area contributed by atoms with Gasteiger partial charge >= 0.3 is 0 Å². The second-order valence-corrected chi connectivity index (χ2v) is 5.45. The minimum atomic E-state index is -0.718. The molecule has 0 amide bonds. The van der Waals surface area contributed by atoms with E-state index in [1.54, 1.807) is 30.4 Å². The van der Waals surface area contributed by atoms with E-state index >= 15 is 0 Å². The van der Waals surface area contributed by atoms with Gasteiger partial charge in [-0.05, 0) is 24.3 Å². The Balaban J connectivity index is 2.19. The Labute approximate surface area is 132 Å². The number of hydrogen-bond acceptors (Lipinski definition) is 3. The number of benzene rings is 2. The van der Waals surface area contributed by atoms with E-state index in [1.165, 1.54) is 0 Å². The van der Waals surface area contributed by atoms with Crippen LogP contribution in [0.15, 0.2) is 36.4 Å². The lowest BCUT2D eigenvalue weighted by Crippen LogP contribution is -2.18. The lowest BCUT2D eigenvalue weighted by molar-refractivity contribution is 0.252. The molecule has 0 fully saturated rings. The number of fused-ring (bicyclic) bond motifs is 1. The maximum Gasteiger partial charge on any atom is 0.144 e. The fourth-order valence-electron chi connectivity index (χ4n) is 2.33. The van der Waals surface area contributed by atoms with Crippen molar-refractivity contribution in [3.8, 4) is 17.2 Å². The number of aliphatic hydroxyl groups excluding tert-OH is 1. The van der Waals surface area contributed by atoms with Gasteiger partial charge in [0.15, 0.2) is 0 Å².